The fraction of sp³-hybridized carbons (Fsp3) is 0.920. The van der Waals surface area contributed by atoms with Crippen LogP contribution in [0.3, 0.4) is 0 Å². The number of aliphatic carboxylic acids is 1. The Morgan fingerprint density at radius 1 is 1.00 bits per heavy atom. The number of Topliss-reactive ketones (excluding diaryl/α,β-unsaturated/α-hetero) is 1. The van der Waals surface area contributed by atoms with Crippen LogP contribution in [0.15, 0.2) is 0 Å². The molecule has 164 valence electrons. The monoisotopic (exact) mass is 404 g/mol. The van der Waals surface area contributed by atoms with Crippen molar-refractivity contribution in [1.29, 1.82) is 0 Å². The van der Waals surface area contributed by atoms with Crippen molar-refractivity contribution in [2.75, 3.05) is 6.61 Å². The summed E-state index contributed by atoms with van der Waals surface area (Å²) < 4.78 is 6.42. The van der Waals surface area contributed by atoms with Gasteiger partial charge in [-0.05, 0) is 92.3 Å². The van der Waals surface area contributed by atoms with Crippen molar-refractivity contribution in [3.63, 3.8) is 0 Å². The Hall–Kier alpha value is -0.900. The van der Waals surface area contributed by atoms with Crippen molar-refractivity contribution in [3.05, 3.63) is 0 Å². The van der Waals surface area contributed by atoms with Crippen LogP contribution in [0.5, 0.6) is 0 Å². The van der Waals surface area contributed by atoms with Crippen LogP contribution in [0.1, 0.15) is 97.3 Å². The molecule has 0 heterocycles. The maximum absolute atomic E-state index is 12.1. The lowest BCUT2D eigenvalue weighted by atomic mass is 9.45. The molecule has 0 amide bonds. The van der Waals surface area contributed by atoms with Crippen LogP contribution in [0.2, 0.25) is 0 Å². The van der Waals surface area contributed by atoms with E-state index in [1.54, 1.807) is 0 Å². The predicted octanol–water partition coefficient (Wildman–Crippen LogP) is 5.63. The number of hydrogen-bond acceptors (Lipinski definition) is 3. The zero-order chi connectivity index (χ0) is 20.6. The lowest BCUT2D eigenvalue weighted by Gasteiger charge is -2.60. The molecule has 0 saturated heterocycles. The van der Waals surface area contributed by atoms with Gasteiger partial charge in [-0.1, -0.05) is 20.3 Å². The van der Waals surface area contributed by atoms with Crippen molar-refractivity contribution in [3.8, 4) is 0 Å². The van der Waals surface area contributed by atoms with Crippen LogP contribution < -0.4 is 0 Å². The van der Waals surface area contributed by atoms with Crippen molar-refractivity contribution >= 4 is 11.8 Å². The maximum Gasteiger partial charge on any atom is 0.303 e. The molecule has 1 N–H and O–H groups in total. The summed E-state index contributed by atoms with van der Waals surface area (Å²) in [5, 5.41) is 8.76. The van der Waals surface area contributed by atoms with E-state index in [1.807, 2.05) is 0 Å². The van der Waals surface area contributed by atoms with E-state index in [9.17, 15) is 9.59 Å². The van der Waals surface area contributed by atoms with Gasteiger partial charge in [0.25, 0.3) is 0 Å². The molecular formula is C25H40O4. The summed E-state index contributed by atoms with van der Waals surface area (Å²) in [5.41, 5.74) is 0.706. The molecule has 4 saturated carbocycles. The Balaban J connectivity index is 1.35. The number of carboxylic acid groups (broad SMARTS) is 1. The minimum absolute atomic E-state index is 0.275. The Labute approximate surface area is 176 Å². The SMILES string of the molecule is CC12CCC(=O)CC1CCC1C2CCC2(C)C(OCCCCCC(=O)O)CCC12. The molecule has 0 aromatic rings. The van der Waals surface area contributed by atoms with E-state index >= 15 is 0 Å². The first-order chi connectivity index (χ1) is 13.8. The Kier molecular flexibility index (Phi) is 6.12. The molecule has 29 heavy (non-hydrogen) atoms. The van der Waals surface area contributed by atoms with Crippen LogP contribution in [-0.2, 0) is 14.3 Å². The first kappa shape index (κ1) is 21.3. The van der Waals surface area contributed by atoms with E-state index in [-0.39, 0.29) is 6.42 Å². The highest BCUT2D eigenvalue weighted by atomic mass is 16.5. The largest absolute Gasteiger partial charge is 0.481 e. The molecule has 7 atom stereocenters. The van der Waals surface area contributed by atoms with Gasteiger partial charge in [-0.25, -0.2) is 0 Å². The van der Waals surface area contributed by atoms with Gasteiger partial charge >= 0.3 is 5.97 Å². The Morgan fingerprint density at radius 2 is 1.79 bits per heavy atom. The van der Waals surface area contributed by atoms with Gasteiger partial charge in [0.1, 0.15) is 5.78 Å². The van der Waals surface area contributed by atoms with Gasteiger partial charge in [0.2, 0.25) is 0 Å². The van der Waals surface area contributed by atoms with Crippen molar-refractivity contribution in [1.82, 2.24) is 0 Å². The summed E-state index contributed by atoms with van der Waals surface area (Å²) in [6.45, 7) is 5.79. The van der Waals surface area contributed by atoms with E-state index in [0.29, 0.717) is 28.6 Å². The van der Waals surface area contributed by atoms with Gasteiger partial charge in [0.15, 0.2) is 0 Å². The molecule has 7 unspecified atom stereocenters. The standard InChI is InChI=1S/C25H40O4/c1-24-13-11-18(26)16-17(24)7-8-19-20-9-10-22(25(20,2)14-12-21(19)24)29-15-5-3-4-6-23(27)28/h17,19-22H,3-16H2,1-2H3,(H,27,28). The van der Waals surface area contributed by atoms with Crippen molar-refractivity contribution < 1.29 is 19.4 Å². The van der Waals surface area contributed by atoms with Crippen LogP contribution in [0.25, 0.3) is 0 Å². The number of carboxylic acids is 1. The van der Waals surface area contributed by atoms with Crippen LogP contribution in [0.4, 0.5) is 0 Å². The second-order valence-electron chi connectivity index (χ2n) is 11.1. The summed E-state index contributed by atoms with van der Waals surface area (Å²) in [4.78, 5) is 22.7. The average Bonchev–Trinajstić information content (AvgIpc) is 3.01. The molecule has 4 fully saturated rings. The van der Waals surface area contributed by atoms with E-state index in [2.05, 4.69) is 13.8 Å². The predicted molar refractivity (Wildman–Crippen MR) is 113 cm³/mol. The quantitative estimate of drug-likeness (QED) is 0.559. The molecule has 0 aliphatic heterocycles. The van der Waals surface area contributed by atoms with Gasteiger partial charge in [-0.3, -0.25) is 9.59 Å². The van der Waals surface area contributed by atoms with Crippen LogP contribution >= 0.6 is 0 Å². The minimum atomic E-state index is -0.695. The number of ketones is 1. The van der Waals surface area contributed by atoms with E-state index in [0.717, 1.165) is 62.9 Å². The number of carbonyl (C=O) groups is 2. The third-order valence-electron chi connectivity index (χ3n) is 9.75. The summed E-state index contributed by atoms with van der Waals surface area (Å²) in [6, 6.07) is 0. The molecule has 0 aromatic carbocycles. The molecule has 4 nitrogen and oxygen atoms in total. The third kappa shape index (κ3) is 3.91. The minimum Gasteiger partial charge on any atom is -0.481 e. The van der Waals surface area contributed by atoms with E-state index in [4.69, 9.17) is 9.84 Å². The molecule has 4 heteroatoms. The molecule has 0 spiro atoms. The fourth-order valence-corrected chi connectivity index (χ4v) is 8.05. The third-order valence-corrected chi connectivity index (χ3v) is 9.75. The highest BCUT2D eigenvalue weighted by molar-refractivity contribution is 5.79. The summed E-state index contributed by atoms with van der Waals surface area (Å²) in [6.07, 6.45) is 13.8. The van der Waals surface area contributed by atoms with E-state index in [1.165, 1.54) is 38.5 Å². The highest BCUT2D eigenvalue weighted by Gasteiger charge is 2.60. The number of fused-ring (bicyclic) bond motifs is 5. The average molecular weight is 405 g/mol. The summed E-state index contributed by atoms with van der Waals surface area (Å²) >= 11 is 0. The van der Waals surface area contributed by atoms with Gasteiger partial charge in [-0.2, -0.15) is 0 Å². The lowest BCUT2D eigenvalue weighted by molar-refractivity contribution is -0.145. The van der Waals surface area contributed by atoms with Crippen molar-refractivity contribution in [2.45, 2.75) is 103 Å². The number of ether oxygens (including phenoxy) is 1. The van der Waals surface area contributed by atoms with Crippen LogP contribution in [0, 0.1) is 34.5 Å². The van der Waals surface area contributed by atoms with Gasteiger partial charge in [-0.15, -0.1) is 0 Å². The zero-order valence-electron chi connectivity index (χ0n) is 18.5. The van der Waals surface area contributed by atoms with Crippen molar-refractivity contribution in [2.24, 2.45) is 34.5 Å². The molecule has 4 rings (SSSR count). The summed E-state index contributed by atoms with van der Waals surface area (Å²) in [5.74, 6) is 2.86. The van der Waals surface area contributed by atoms with Gasteiger partial charge in [0, 0.05) is 25.9 Å². The number of hydrogen-bond donors (Lipinski definition) is 1. The molecule has 0 bridgehead atoms. The molecule has 0 aromatic heterocycles. The summed E-state index contributed by atoms with van der Waals surface area (Å²) in [7, 11) is 0. The van der Waals surface area contributed by atoms with Gasteiger partial charge in [0.05, 0.1) is 6.10 Å². The Morgan fingerprint density at radius 3 is 2.59 bits per heavy atom. The molecule has 4 aliphatic rings. The highest BCUT2D eigenvalue weighted by Crippen LogP contribution is 2.66. The first-order valence-corrected chi connectivity index (χ1v) is 12.2. The van der Waals surface area contributed by atoms with E-state index < -0.39 is 5.97 Å². The maximum atomic E-state index is 12.1. The normalized spacial score (nSPS) is 44.1. The number of carbonyl (C=O) groups excluding carboxylic acids is 1. The Bertz CT molecular complexity index is 630. The molecule has 0 radical (unpaired) electrons. The van der Waals surface area contributed by atoms with Gasteiger partial charge < -0.3 is 9.84 Å². The number of rotatable bonds is 7. The first-order valence-electron chi connectivity index (χ1n) is 12.2. The zero-order valence-corrected chi connectivity index (χ0v) is 18.5. The smallest absolute Gasteiger partial charge is 0.303 e. The number of unbranched alkanes of at least 4 members (excludes halogenated alkanes) is 2. The fourth-order valence-electron chi connectivity index (χ4n) is 8.05. The second kappa shape index (κ2) is 8.32. The second-order valence-corrected chi connectivity index (χ2v) is 11.1. The molecular weight excluding hydrogens is 364 g/mol. The topological polar surface area (TPSA) is 63.6 Å². The van der Waals surface area contributed by atoms with Crippen LogP contribution in [-0.4, -0.2) is 29.6 Å². The lowest BCUT2D eigenvalue weighted by Crippen LogP contribution is -2.54. The molecule has 4 aliphatic carbocycles.